The van der Waals surface area contributed by atoms with Crippen molar-refractivity contribution in [3.05, 3.63) is 23.8 Å². The maximum Gasteiger partial charge on any atom is 0.312 e. The maximum atomic E-state index is 12.7. The average molecular weight is 374 g/mol. The number of likely N-dealkylation sites (N-methyl/N-ethyl adjacent to an activating group) is 1. The van der Waals surface area contributed by atoms with Crippen molar-refractivity contribution in [1.29, 1.82) is 0 Å². The Morgan fingerprint density at radius 2 is 1.96 bits per heavy atom. The van der Waals surface area contributed by atoms with Crippen LogP contribution in [0.3, 0.4) is 0 Å². The molecule has 1 aromatic rings. The minimum Gasteiger partial charge on any atom is -0.461 e. The lowest BCUT2D eigenvalue weighted by Gasteiger charge is -2.36. The Morgan fingerprint density at radius 1 is 1.22 bits per heavy atom. The average Bonchev–Trinajstić information content (AvgIpc) is 3.19. The molecule has 1 atom stereocenters. The van der Waals surface area contributed by atoms with E-state index < -0.39 is 5.41 Å². The first kappa shape index (κ1) is 18.1. The first-order chi connectivity index (χ1) is 12.9. The van der Waals surface area contributed by atoms with Gasteiger partial charge in [0.2, 0.25) is 12.7 Å². The van der Waals surface area contributed by atoms with E-state index in [9.17, 15) is 9.59 Å². The number of hydrogen-bond donors (Lipinski definition) is 0. The third-order valence-electron chi connectivity index (χ3n) is 5.76. The number of amides is 1. The molecule has 0 N–H and O–H groups in total. The van der Waals surface area contributed by atoms with Crippen molar-refractivity contribution in [1.82, 2.24) is 9.80 Å². The summed E-state index contributed by atoms with van der Waals surface area (Å²) in [4.78, 5) is 29.0. The van der Waals surface area contributed by atoms with E-state index in [1.165, 1.54) is 0 Å². The zero-order valence-corrected chi connectivity index (χ0v) is 15.9. The number of esters is 1. The van der Waals surface area contributed by atoms with Crippen LogP contribution >= 0.6 is 0 Å². The highest BCUT2D eigenvalue weighted by atomic mass is 16.7. The van der Waals surface area contributed by atoms with Gasteiger partial charge in [-0.05, 0) is 44.6 Å². The Balaban J connectivity index is 1.34. The molecule has 1 unspecified atom stereocenters. The molecule has 2 fully saturated rings. The van der Waals surface area contributed by atoms with Crippen molar-refractivity contribution in [3.8, 4) is 11.5 Å². The van der Waals surface area contributed by atoms with E-state index in [4.69, 9.17) is 14.2 Å². The molecule has 0 saturated carbocycles. The zero-order valence-electron chi connectivity index (χ0n) is 15.9. The van der Waals surface area contributed by atoms with Crippen molar-refractivity contribution < 1.29 is 23.8 Å². The zero-order chi connectivity index (χ0) is 19.0. The van der Waals surface area contributed by atoms with Crippen LogP contribution in [-0.2, 0) is 20.7 Å². The van der Waals surface area contributed by atoms with Crippen molar-refractivity contribution in [2.45, 2.75) is 31.8 Å². The summed E-state index contributed by atoms with van der Waals surface area (Å²) in [6.45, 7) is 2.19. The molecule has 0 radical (unpaired) electrons. The number of piperidine rings is 1. The number of hydrogen-bond acceptors (Lipinski definition) is 6. The molecule has 1 spiro atoms. The number of ether oxygens (including phenoxy) is 3. The van der Waals surface area contributed by atoms with Crippen molar-refractivity contribution >= 4 is 11.9 Å². The number of rotatable bonds is 4. The van der Waals surface area contributed by atoms with E-state index in [1.54, 1.807) is 0 Å². The SMILES string of the molecule is CN(C)CC1CC2(CCN(C(=O)Cc3ccc4c(c3)OCO4)CC2)C(=O)O1. The van der Waals surface area contributed by atoms with E-state index in [1.807, 2.05) is 42.1 Å². The topological polar surface area (TPSA) is 68.3 Å². The Hall–Kier alpha value is -2.28. The normalized spacial score (nSPS) is 23.1. The fourth-order valence-corrected chi connectivity index (χ4v) is 4.28. The fourth-order valence-electron chi connectivity index (χ4n) is 4.28. The predicted octanol–water partition coefficient (Wildman–Crippen LogP) is 1.44. The van der Waals surface area contributed by atoms with Gasteiger partial charge in [-0.25, -0.2) is 0 Å². The first-order valence-corrected chi connectivity index (χ1v) is 9.47. The molecule has 3 aliphatic rings. The number of fused-ring (bicyclic) bond motifs is 1. The maximum absolute atomic E-state index is 12.7. The van der Waals surface area contributed by atoms with Crippen LogP contribution in [0.1, 0.15) is 24.8 Å². The smallest absolute Gasteiger partial charge is 0.312 e. The minimum atomic E-state index is -0.407. The second-order valence-electron chi connectivity index (χ2n) is 8.02. The molecule has 0 aromatic heterocycles. The van der Waals surface area contributed by atoms with Gasteiger partial charge in [-0.1, -0.05) is 6.07 Å². The molecule has 7 nitrogen and oxygen atoms in total. The molecule has 27 heavy (non-hydrogen) atoms. The van der Waals surface area contributed by atoms with E-state index in [0.29, 0.717) is 38.1 Å². The van der Waals surface area contributed by atoms with Crippen molar-refractivity contribution in [3.63, 3.8) is 0 Å². The van der Waals surface area contributed by atoms with Crippen LogP contribution < -0.4 is 9.47 Å². The van der Waals surface area contributed by atoms with E-state index >= 15 is 0 Å². The summed E-state index contributed by atoms with van der Waals surface area (Å²) >= 11 is 0. The second-order valence-corrected chi connectivity index (χ2v) is 8.02. The predicted molar refractivity (Wildman–Crippen MR) is 97.6 cm³/mol. The molecule has 1 amide bonds. The van der Waals surface area contributed by atoms with E-state index in [0.717, 1.165) is 24.3 Å². The van der Waals surface area contributed by atoms with Gasteiger partial charge < -0.3 is 24.0 Å². The van der Waals surface area contributed by atoms with Gasteiger partial charge in [0.25, 0.3) is 0 Å². The lowest BCUT2D eigenvalue weighted by Crippen LogP contribution is -2.45. The second kappa shape index (κ2) is 7.03. The molecule has 3 heterocycles. The van der Waals surface area contributed by atoms with Crippen molar-refractivity contribution in [2.75, 3.05) is 40.5 Å². The number of likely N-dealkylation sites (tertiary alicyclic amines) is 1. The monoisotopic (exact) mass is 374 g/mol. The van der Waals surface area contributed by atoms with Crippen LogP contribution in [0.25, 0.3) is 0 Å². The minimum absolute atomic E-state index is 0.0385. The quantitative estimate of drug-likeness (QED) is 0.743. The molecule has 0 bridgehead atoms. The first-order valence-electron chi connectivity index (χ1n) is 9.47. The molecule has 3 aliphatic heterocycles. The lowest BCUT2D eigenvalue weighted by atomic mass is 9.76. The summed E-state index contributed by atoms with van der Waals surface area (Å²) in [5, 5.41) is 0. The van der Waals surface area contributed by atoms with Crippen LogP contribution in [0.5, 0.6) is 11.5 Å². The highest BCUT2D eigenvalue weighted by molar-refractivity contribution is 5.81. The summed E-state index contributed by atoms with van der Waals surface area (Å²) < 4.78 is 16.3. The molecular weight excluding hydrogens is 348 g/mol. The van der Waals surface area contributed by atoms with Gasteiger partial charge in [-0.15, -0.1) is 0 Å². The van der Waals surface area contributed by atoms with Gasteiger partial charge in [0.05, 0.1) is 11.8 Å². The standard InChI is InChI=1S/C20H26N2O5/c1-21(2)12-15-11-20(19(24)27-15)5-7-22(8-6-20)18(23)10-14-3-4-16-17(9-14)26-13-25-16/h3-4,9,15H,5-8,10-13H2,1-2H3. The van der Waals surface area contributed by atoms with Crippen LogP contribution in [0, 0.1) is 5.41 Å². The van der Waals surface area contributed by atoms with Gasteiger partial charge in [-0.3, -0.25) is 9.59 Å². The molecule has 4 rings (SSSR count). The lowest BCUT2D eigenvalue weighted by molar-refractivity contribution is -0.152. The fraction of sp³-hybridized carbons (Fsp3) is 0.600. The molecule has 7 heteroatoms. The highest BCUT2D eigenvalue weighted by Crippen LogP contribution is 2.43. The van der Waals surface area contributed by atoms with Gasteiger partial charge in [0, 0.05) is 26.1 Å². The van der Waals surface area contributed by atoms with Crippen LogP contribution in [0.15, 0.2) is 18.2 Å². The van der Waals surface area contributed by atoms with E-state index in [-0.39, 0.29) is 24.8 Å². The Bertz CT molecular complexity index is 740. The Kier molecular flexibility index (Phi) is 4.72. The van der Waals surface area contributed by atoms with Crippen LogP contribution in [-0.4, -0.2) is 68.3 Å². The van der Waals surface area contributed by atoms with E-state index in [2.05, 4.69) is 0 Å². The number of benzene rings is 1. The van der Waals surface area contributed by atoms with Crippen LogP contribution in [0.4, 0.5) is 0 Å². The van der Waals surface area contributed by atoms with Gasteiger partial charge in [0.15, 0.2) is 11.5 Å². The number of nitrogens with zero attached hydrogens (tertiary/aromatic N) is 2. The molecule has 146 valence electrons. The molecule has 2 saturated heterocycles. The van der Waals surface area contributed by atoms with Crippen molar-refractivity contribution in [2.24, 2.45) is 5.41 Å². The molecule has 0 aliphatic carbocycles. The summed E-state index contributed by atoms with van der Waals surface area (Å²) in [6, 6.07) is 5.61. The number of carbonyl (C=O) groups is 2. The molecular formula is C20H26N2O5. The Labute approximate surface area is 159 Å². The summed E-state index contributed by atoms with van der Waals surface area (Å²) in [7, 11) is 3.96. The van der Waals surface area contributed by atoms with Crippen LogP contribution in [0.2, 0.25) is 0 Å². The van der Waals surface area contributed by atoms with Gasteiger partial charge in [-0.2, -0.15) is 0 Å². The third kappa shape index (κ3) is 3.60. The third-order valence-corrected chi connectivity index (χ3v) is 5.76. The van der Waals surface area contributed by atoms with Gasteiger partial charge in [0.1, 0.15) is 6.10 Å². The number of carbonyl (C=O) groups excluding carboxylic acids is 2. The van der Waals surface area contributed by atoms with Gasteiger partial charge >= 0.3 is 5.97 Å². The summed E-state index contributed by atoms with van der Waals surface area (Å²) in [5.74, 6) is 1.41. The molecule has 1 aromatic carbocycles. The summed E-state index contributed by atoms with van der Waals surface area (Å²) in [6.07, 6.45) is 2.42. The summed E-state index contributed by atoms with van der Waals surface area (Å²) in [5.41, 5.74) is 0.506. The highest BCUT2D eigenvalue weighted by Gasteiger charge is 2.50. The number of cyclic esters (lactones) is 1. The Morgan fingerprint density at radius 3 is 2.70 bits per heavy atom. The largest absolute Gasteiger partial charge is 0.461 e.